The van der Waals surface area contributed by atoms with E-state index in [0.717, 1.165) is 12.8 Å². The highest BCUT2D eigenvalue weighted by atomic mass is 19.1. The van der Waals surface area contributed by atoms with Crippen molar-refractivity contribution in [2.75, 3.05) is 5.32 Å². The Balaban J connectivity index is 2.10. The zero-order valence-electron chi connectivity index (χ0n) is 13.3. The summed E-state index contributed by atoms with van der Waals surface area (Å²) in [6.45, 7) is 3.41. The third-order valence-electron chi connectivity index (χ3n) is 4.50. The lowest BCUT2D eigenvalue weighted by Gasteiger charge is -2.26. The molecule has 4 nitrogen and oxygen atoms in total. The van der Waals surface area contributed by atoms with Crippen LogP contribution in [0.25, 0.3) is 0 Å². The fourth-order valence-electron chi connectivity index (χ4n) is 3.30. The zero-order chi connectivity index (χ0) is 16.1. The second kappa shape index (κ2) is 7.58. The van der Waals surface area contributed by atoms with Crippen LogP contribution in [0.15, 0.2) is 12.1 Å². The molecule has 1 unspecified atom stereocenters. The number of aryl methyl sites for hydroxylation is 2. The Morgan fingerprint density at radius 2 is 1.86 bits per heavy atom. The molecule has 1 aliphatic rings. The van der Waals surface area contributed by atoms with Gasteiger partial charge in [0.15, 0.2) is 0 Å². The second-order valence-electron chi connectivity index (χ2n) is 6.34. The number of amides is 1. The smallest absolute Gasteiger partial charge is 0.265 e. The van der Waals surface area contributed by atoms with Crippen LogP contribution in [-0.2, 0) is 4.79 Å². The number of hydrogen-bond donors (Lipinski definition) is 3. The summed E-state index contributed by atoms with van der Waals surface area (Å²) in [7, 11) is 0. The summed E-state index contributed by atoms with van der Waals surface area (Å²) in [6, 6.07) is 2.89. The minimum Gasteiger partial charge on any atom is -0.374 e. The number of carbonyl (C=O) groups excluding carboxylic acids is 1. The average Bonchev–Trinajstić information content (AvgIpc) is 2.52. The van der Waals surface area contributed by atoms with Crippen molar-refractivity contribution in [3.63, 3.8) is 0 Å². The molecule has 1 atom stereocenters. The van der Waals surface area contributed by atoms with Crippen molar-refractivity contribution in [3.05, 3.63) is 29.1 Å². The first kappa shape index (κ1) is 16.7. The van der Waals surface area contributed by atoms with Crippen molar-refractivity contribution in [1.29, 1.82) is 0 Å². The summed E-state index contributed by atoms with van der Waals surface area (Å²) in [5.74, 6) is -0.169. The SMILES string of the molecule is Cc1cc(NC(CC2CCCCC2)C(=O)NO)cc(C)c1F. The van der Waals surface area contributed by atoms with Gasteiger partial charge in [-0.25, -0.2) is 9.87 Å². The highest BCUT2D eigenvalue weighted by Gasteiger charge is 2.24. The maximum Gasteiger partial charge on any atom is 0.265 e. The van der Waals surface area contributed by atoms with E-state index < -0.39 is 11.9 Å². The monoisotopic (exact) mass is 308 g/mol. The first-order chi connectivity index (χ1) is 10.5. The molecule has 0 saturated heterocycles. The van der Waals surface area contributed by atoms with Crippen molar-refractivity contribution < 1.29 is 14.4 Å². The van der Waals surface area contributed by atoms with Crippen LogP contribution in [0.1, 0.15) is 49.7 Å². The number of hydrogen-bond acceptors (Lipinski definition) is 3. The molecule has 1 aromatic carbocycles. The normalized spacial score (nSPS) is 17.1. The van der Waals surface area contributed by atoms with E-state index in [1.807, 2.05) is 0 Å². The zero-order valence-corrected chi connectivity index (χ0v) is 13.3. The summed E-state index contributed by atoms with van der Waals surface area (Å²) in [4.78, 5) is 11.9. The highest BCUT2D eigenvalue weighted by Crippen LogP contribution is 2.28. The van der Waals surface area contributed by atoms with E-state index in [-0.39, 0.29) is 5.82 Å². The van der Waals surface area contributed by atoms with Crippen molar-refractivity contribution >= 4 is 11.6 Å². The van der Waals surface area contributed by atoms with E-state index in [9.17, 15) is 9.18 Å². The molecular weight excluding hydrogens is 283 g/mol. The van der Waals surface area contributed by atoms with Crippen LogP contribution in [0.4, 0.5) is 10.1 Å². The van der Waals surface area contributed by atoms with Crippen LogP contribution < -0.4 is 10.8 Å². The fourth-order valence-corrected chi connectivity index (χ4v) is 3.30. The van der Waals surface area contributed by atoms with E-state index in [4.69, 9.17) is 5.21 Å². The van der Waals surface area contributed by atoms with E-state index in [1.165, 1.54) is 19.3 Å². The maximum atomic E-state index is 13.7. The van der Waals surface area contributed by atoms with Gasteiger partial charge in [0, 0.05) is 5.69 Å². The molecule has 22 heavy (non-hydrogen) atoms. The van der Waals surface area contributed by atoms with Gasteiger partial charge in [0.25, 0.3) is 5.91 Å². The molecule has 2 rings (SSSR count). The summed E-state index contributed by atoms with van der Waals surface area (Å²) in [5, 5.41) is 12.1. The predicted octanol–water partition coefficient (Wildman–Crippen LogP) is 3.70. The van der Waals surface area contributed by atoms with Gasteiger partial charge >= 0.3 is 0 Å². The predicted molar refractivity (Wildman–Crippen MR) is 84.4 cm³/mol. The fraction of sp³-hybridized carbons (Fsp3) is 0.588. The van der Waals surface area contributed by atoms with Gasteiger partial charge in [-0.2, -0.15) is 0 Å². The lowest BCUT2D eigenvalue weighted by molar-refractivity contribution is -0.130. The number of anilines is 1. The molecule has 0 heterocycles. The highest BCUT2D eigenvalue weighted by molar-refractivity contribution is 5.83. The standard InChI is InChI=1S/C17H25FN2O2/c1-11-8-14(9-12(2)16(11)18)19-15(17(21)20-22)10-13-6-4-3-5-7-13/h8-9,13,15,19,22H,3-7,10H2,1-2H3,(H,20,21). The molecule has 1 saturated carbocycles. The summed E-state index contributed by atoms with van der Waals surface area (Å²) < 4.78 is 13.7. The van der Waals surface area contributed by atoms with Crippen LogP contribution in [0.5, 0.6) is 0 Å². The van der Waals surface area contributed by atoms with Crippen molar-refractivity contribution in [1.82, 2.24) is 5.48 Å². The summed E-state index contributed by atoms with van der Waals surface area (Å²) >= 11 is 0. The van der Waals surface area contributed by atoms with Gasteiger partial charge in [-0.15, -0.1) is 0 Å². The second-order valence-corrected chi connectivity index (χ2v) is 6.34. The number of benzene rings is 1. The van der Waals surface area contributed by atoms with Gasteiger partial charge in [-0.3, -0.25) is 10.0 Å². The summed E-state index contributed by atoms with van der Waals surface area (Å²) in [5.41, 5.74) is 3.54. The van der Waals surface area contributed by atoms with E-state index in [2.05, 4.69) is 5.32 Å². The van der Waals surface area contributed by atoms with Gasteiger partial charge < -0.3 is 5.32 Å². The van der Waals surface area contributed by atoms with Crippen molar-refractivity contribution in [3.8, 4) is 0 Å². The van der Waals surface area contributed by atoms with Crippen LogP contribution in [0.3, 0.4) is 0 Å². The number of carbonyl (C=O) groups is 1. The van der Waals surface area contributed by atoms with Crippen LogP contribution >= 0.6 is 0 Å². The molecule has 0 radical (unpaired) electrons. The number of hydroxylamine groups is 1. The third-order valence-corrected chi connectivity index (χ3v) is 4.50. The Hall–Kier alpha value is -1.62. The molecular formula is C17H25FN2O2. The molecule has 0 aromatic heterocycles. The Morgan fingerprint density at radius 3 is 2.41 bits per heavy atom. The Labute approximate surface area is 131 Å². The van der Waals surface area contributed by atoms with Gasteiger partial charge in [-0.1, -0.05) is 32.1 Å². The van der Waals surface area contributed by atoms with E-state index >= 15 is 0 Å². The Bertz CT molecular complexity index is 504. The molecule has 0 bridgehead atoms. The average molecular weight is 308 g/mol. The Morgan fingerprint density at radius 1 is 1.27 bits per heavy atom. The quantitative estimate of drug-likeness (QED) is 0.574. The molecule has 1 aromatic rings. The maximum absolute atomic E-state index is 13.7. The lowest BCUT2D eigenvalue weighted by atomic mass is 9.84. The number of nitrogens with one attached hydrogen (secondary N) is 2. The van der Waals surface area contributed by atoms with Gasteiger partial charge in [0.1, 0.15) is 11.9 Å². The van der Waals surface area contributed by atoms with Gasteiger partial charge in [0.05, 0.1) is 0 Å². The molecule has 1 fully saturated rings. The minimum absolute atomic E-state index is 0.221. The third kappa shape index (κ3) is 4.19. The molecule has 1 amide bonds. The number of rotatable bonds is 5. The molecule has 5 heteroatoms. The van der Waals surface area contributed by atoms with Crippen LogP contribution in [0.2, 0.25) is 0 Å². The topological polar surface area (TPSA) is 61.4 Å². The number of halogens is 1. The minimum atomic E-state index is -0.502. The van der Waals surface area contributed by atoms with Gasteiger partial charge in [-0.05, 0) is 49.4 Å². The van der Waals surface area contributed by atoms with Gasteiger partial charge in [0.2, 0.25) is 0 Å². The lowest BCUT2D eigenvalue weighted by Crippen LogP contribution is -2.39. The van der Waals surface area contributed by atoms with Crippen LogP contribution in [0, 0.1) is 25.6 Å². The van der Waals surface area contributed by atoms with Crippen molar-refractivity contribution in [2.45, 2.75) is 58.4 Å². The Kier molecular flexibility index (Phi) is 5.77. The van der Waals surface area contributed by atoms with E-state index in [0.29, 0.717) is 29.2 Å². The first-order valence-corrected chi connectivity index (χ1v) is 7.98. The molecule has 0 aliphatic heterocycles. The van der Waals surface area contributed by atoms with E-state index in [1.54, 1.807) is 31.5 Å². The van der Waals surface area contributed by atoms with Crippen molar-refractivity contribution in [2.24, 2.45) is 5.92 Å². The van der Waals surface area contributed by atoms with Crippen LogP contribution in [-0.4, -0.2) is 17.2 Å². The molecule has 3 N–H and O–H groups in total. The molecule has 1 aliphatic carbocycles. The molecule has 122 valence electrons. The molecule has 0 spiro atoms. The first-order valence-electron chi connectivity index (χ1n) is 7.98. The largest absolute Gasteiger partial charge is 0.374 e. The summed E-state index contributed by atoms with van der Waals surface area (Å²) in [6.07, 6.45) is 6.59.